The smallest absolute Gasteiger partial charge is 0.237 e. The van der Waals surface area contributed by atoms with Crippen molar-refractivity contribution in [3.05, 3.63) is 0 Å². The highest BCUT2D eigenvalue weighted by Crippen LogP contribution is 2.14. The maximum Gasteiger partial charge on any atom is 0.237 e. The first-order valence-corrected chi connectivity index (χ1v) is 5.01. The fraction of sp³-hybridized carbons (Fsp3) is 0.700. The fourth-order valence-electron chi connectivity index (χ4n) is 1.23. The molecular formula is C10H17NO3. The predicted molar refractivity (Wildman–Crippen MR) is 52.5 cm³/mol. The van der Waals surface area contributed by atoms with Crippen molar-refractivity contribution in [2.75, 3.05) is 0 Å². The van der Waals surface area contributed by atoms with E-state index in [1.807, 2.05) is 20.8 Å². The lowest BCUT2D eigenvalue weighted by Crippen LogP contribution is -2.26. The van der Waals surface area contributed by atoms with Crippen LogP contribution in [0.1, 0.15) is 40.0 Å². The quantitative estimate of drug-likeness (QED) is 0.545. The Hall–Kier alpha value is -1.19. The van der Waals surface area contributed by atoms with Crippen LogP contribution in [0.25, 0.3) is 0 Å². The standard InChI is InChI=1S/C8H11NO3.C2H6/c1-2-3-6(10)5-4-7(11)9-8(5)12;1-2/h5H,2-4H2,1H3,(H,9,11,12);1-2H3. The summed E-state index contributed by atoms with van der Waals surface area (Å²) < 4.78 is 0. The molecule has 0 aromatic rings. The van der Waals surface area contributed by atoms with Crippen molar-refractivity contribution >= 4 is 17.6 Å². The van der Waals surface area contributed by atoms with Crippen LogP contribution in [0.4, 0.5) is 0 Å². The van der Waals surface area contributed by atoms with E-state index in [0.717, 1.165) is 6.42 Å². The molecule has 1 N–H and O–H groups in total. The van der Waals surface area contributed by atoms with E-state index in [9.17, 15) is 14.4 Å². The molecule has 0 aromatic carbocycles. The van der Waals surface area contributed by atoms with Crippen molar-refractivity contribution in [2.45, 2.75) is 40.0 Å². The third-order valence-corrected chi connectivity index (χ3v) is 1.85. The van der Waals surface area contributed by atoms with Gasteiger partial charge in [0.25, 0.3) is 0 Å². The summed E-state index contributed by atoms with van der Waals surface area (Å²) in [5.74, 6) is -1.61. The van der Waals surface area contributed by atoms with E-state index in [1.54, 1.807) is 0 Å². The summed E-state index contributed by atoms with van der Waals surface area (Å²) in [6, 6.07) is 0. The molecule has 0 aliphatic carbocycles. The van der Waals surface area contributed by atoms with Crippen LogP contribution in [0.2, 0.25) is 0 Å². The summed E-state index contributed by atoms with van der Waals surface area (Å²) in [5, 5.41) is 2.11. The molecule has 80 valence electrons. The van der Waals surface area contributed by atoms with E-state index in [0.29, 0.717) is 6.42 Å². The Balaban J connectivity index is 0.000000791. The maximum atomic E-state index is 11.2. The molecule has 0 radical (unpaired) electrons. The molecular weight excluding hydrogens is 182 g/mol. The maximum absolute atomic E-state index is 11.2. The summed E-state index contributed by atoms with van der Waals surface area (Å²) >= 11 is 0. The van der Waals surface area contributed by atoms with Crippen LogP contribution in [-0.4, -0.2) is 17.6 Å². The van der Waals surface area contributed by atoms with Crippen molar-refractivity contribution in [1.29, 1.82) is 0 Å². The van der Waals surface area contributed by atoms with Gasteiger partial charge in [0, 0.05) is 12.8 Å². The molecule has 2 amide bonds. The number of carbonyl (C=O) groups is 3. The van der Waals surface area contributed by atoms with E-state index in [2.05, 4.69) is 5.32 Å². The molecule has 0 aromatic heterocycles. The second-order valence-electron chi connectivity index (χ2n) is 2.89. The van der Waals surface area contributed by atoms with Crippen LogP contribution in [0.3, 0.4) is 0 Å². The normalized spacial score (nSPS) is 19.8. The van der Waals surface area contributed by atoms with Gasteiger partial charge >= 0.3 is 0 Å². The average Bonchev–Trinajstić information content (AvgIpc) is 2.49. The zero-order valence-electron chi connectivity index (χ0n) is 8.92. The van der Waals surface area contributed by atoms with Crippen LogP contribution < -0.4 is 5.32 Å². The van der Waals surface area contributed by atoms with E-state index in [4.69, 9.17) is 0 Å². The van der Waals surface area contributed by atoms with Crippen LogP contribution >= 0.6 is 0 Å². The summed E-state index contributed by atoms with van der Waals surface area (Å²) in [4.78, 5) is 32.8. The lowest BCUT2D eigenvalue weighted by molar-refractivity contribution is -0.131. The molecule has 4 nitrogen and oxygen atoms in total. The summed E-state index contributed by atoms with van der Waals surface area (Å²) in [5.41, 5.74) is 0. The van der Waals surface area contributed by atoms with E-state index in [-0.39, 0.29) is 18.1 Å². The fourth-order valence-corrected chi connectivity index (χ4v) is 1.23. The molecule has 1 heterocycles. The predicted octanol–water partition coefficient (Wildman–Crippen LogP) is 1.04. The lowest BCUT2D eigenvalue weighted by Gasteiger charge is -2.01. The van der Waals surface area contributed by atoms with Crippen LogP contribution in [-0.2, 0) is 14.4 Å². The summed E-state index contributed by atoms with van der Waals surface area (Å²) in [7, 11) is 0. The monoisotopic (exact) mass is 199 g/mol. The first kappa shape index (κ1) is 12.8. The number of hydrogen-bond acceptors (Lipinski definition) is 3. The highest BCUT2D eigenvalue weighted by molar-refractivity contribution is 6.14. The van der Waals surface area contributed by atoms with Crippen molar-refractivity contribution in [1.82, 2.24) is 5.32 Å². The number of rotatable bonds is 3. The topological polar surface area (TPSA) is 63.2 Å². The molecule has 14 heavy (non-hydrogen) atoms. The average molecular weight is 199 g/mol. The van der Waals surface area contributed by atoms with Gasteiger partial charge in [-0.15, -0.1) is 0 Å². The van der Waals surface area contributed by atoms with Crippen molar-refractivity contribution in [3.8, 4) is 0 Å². The summed E-state index contributed by atoms with van der Waals surface area (Å²) in [6.45, 7) is 5.87. The van der Waals surface area contributed by atoms with Crippen LogP contribution in [0.5, 0.6) is 0 Å². The first-order chi connectivity index (χ1) is 6.65. The molecule has 1 fully saturated rings. The molecule has 1 aliphatic heterocycles. The van der Waals surface area contributed by atoms with Gasteiger partial charge in [-0.05, 0) is 6.42 Å². The number of nitrogens with one attached hydrogen (secondary N) is 1. The minimum atomic E-state index is -0.711. The zero-order valence-corrected chi connectivity index (χ0v) is 8.92. The van der Waals surface area contributed by atoms with Crippen molar-refractivity contribution < 1.29 is 14.4 Å². The van der Waals surface area contributed by atoms with E-state index < -0.39 is 11.8 Å². The Bertz CT molecular complexity index is 236. The number of Topliss-reactive ketones (excluding diaryl/α,β-unsaturated/α-hetero) is 1. The third-order valence-electron chi connectivity index (χ3n) is 1.85. The number of ketones is 1. The molecule has 1 unspecified atom stereocenters. The van der Waals surface area contributed by atoms with Gasteiger partial charge < -0.3 is 0 Å². The van der Waals surface area contributed by atoms with Crippen LogP contribution in [0, 0.1) is 5.92 Å². The molecule has 4 heteroatoms. The third kappa shape index (κ3) is 3.28. The molecule has 1 aliphatic rings. The Morgan fingerprint density at radius 1 is 1.43 bits per heavy atom. The first-order valence-electron chi connectivity index (χ1n) is 5.01. The minimum Gasteiger partial charge on any atom is -0.299 e. The van der Waals surface area contributed by atoms with Gasteiger partial charge in [0.15, 0.2) is 0 Å². The number of carbonyl (C=O) groups excluding carboxylic acids is 3. The second kappa shape index (κ2) is 6.29. The Morgan fingerprint density at radius 3 is 2.36 bits per heavy atom. The zero-order chi connectivity index (χ0) is 11.1. The number of amides is 2. The summed E-state index contributed by atoms with van der Waals surface area (Å²) in [6.07, 6.45) is 1.14. The van der Waals surface area contributed by atoms with Gasteiger partial charge in [-0.25, -0.2) is 0 Å². The lowest BCUT2D eigenvalue weighted by atomic mass is 9.99. The molecule has 1 atom stereocenters. The van der Waals surface area contributed by atoms with Gasteiger partial charge in [0.2, 0.25) is 11.8 Å². The number of imide groups is 1. The van der Waals surface area contributed by atoms with E-state index >= 15 is 0 Å². The molecule has 1 rings (SSSR count). The Labute approximate surface area is 84.1 Å². The van der Waals surface area contributed by atoms with Crippen molar-refractivity contribution in [2.24, 2.45) is 5.92 Å². The Morgan fingerprint density at radius 2 is 2.00 bits per heavy atom. The Kier molecular flexibility index (Phi) is 5.76. The van der Waals surface area contributed by atoms with Gasteiger partial charge in [-0.2, -0.15) is 0 Å². The highest BCUT2D eigenvalue weighted by Gasteiger charge is 2.35. The van der Waals surface area contributed by atoms with Crippen LogP contribution in [0.15, 0.2) is 0 Å². The van der Waals surface area contributed by atoms with Gasteiger partial charge in [0.1, 0.15) is 11.7 Å². The van der Waals surface area contributed by atoms with Gasteiger partial charge in [-0.1, -0.05) is 20.8 Å². The van der Waals surface area contributed by atoms with Crippen molar-refractivity contribution in [3.63, 3.8) is 0 Å². The molecule has 0 spiro atoms. The molecule has 0 bridgehead atoms. The minimum absolute atomic E-state index is 0.0394. The van der Waals surface area contributed by atoms with E-state index in [1.165, 1.54) is 0 Å². The van der Waals surface area contributed by atoms with Gasteiger partial charge in [-0.3, -0.25) is 19.7 Å². The van der Waals surface area contributed by atoms with Gasteiger partial charge in [0.05, 0.1) is 0 Å². The largest absolute Gasteiger partial charge is 0.299 e. The molecule has 1 saturated heterocycles. The number of hydrogen-bond donors (Lipinski definition) is 1. The highest BCUT2D eigenvalue weighted by atomic mass is 16.2. The second-order valence-corrected chi connectivity index (χ2v) is 2.89. The SMILES string of the molecule is CC.CCCC(=O)C1CC(=O)NC1=O. The molecule has 0 saturated carbocycles.